The van der Waals surface area contributed by atoms with Crippen molar-refractivity contribution in [3.05, 3.63) is 77.4 Å². The second-order valence-electron chi connectivity index (χ2n) is 8.01. The summed E-state index contributed by atoms with van der Waals surface area (Å²) in [5, 5.41) is 6.17. The molecular formula is C26H23N5OS. The highest BCUT2D eigenvalue weighted by Gasteiger charge is 2.20. The Labute approximate surface area is 196 Å². The van der Waals surface area contributed by atoms with Crippen molar-refractivity contribution >= 4 is 49.7 Å². The maximum atomic E-state index is 13.0. The van der Waals surface area contributed by atoms with Crippen molar-refractivity contribution in [2.24, 2.45) is 0 Å². The maximum absolute atomic E-state index is 13.0. The lowest BCUT2D eigenvalue weighted by molar-refractivity contribution is -0.114. The highest BCUT2D eigenvalue weighted by atomic mass is 32.1. The van der Waals surface area contributed by atoms with E-state index in [-0.39, 0.29) is 12.5 Å². The molecule has 6 nitrogen and oxygen atoms in total. The lowest BCUT2D eigenvalue weighted by atomic mass is 10.1. The normalized spacial score (nSPS) is 11.1. The van der Waals surface area contributed by atoms with Crippen LogP contribution < -0.4 is 10.2 Å². The Balaban J connectivity index is 1.48. The molecule has 0 aliphatic rings. The first-order chi connectivity index (χ1) is 16.0. The minimum atomic E-state index is -0.104. The molecule has 0 saturated carbocycles. The summed E-state index contributed by atoms with van der Waals surface area (Å²) >= 11 is 1.64. The van der Waals surface area contributed by atoms with E-state index in [1.54, 1.807) is 23.7 Å². The van der Waals surface area contributed by atoms with Gasteiger partial charge in [0.1, 0.15) is 10.6 Å². The molecule has 164 valence electrons. The number of nitrogens with one attached hydrogen (secondary N) is 1. The van der Waals surface area contributed by atoms with Crippen molar-refractivity contribution < 1.29 is 4.79 Å². The van der Waals surface area contributed by atoms with Crippen LogP contribution in [0.4, 0.5) is 11.5 Å². The quantitative estimate of drug-likeness (QED) is 0.375. The van der Waals surface area contributed by atoms with Gasteiger partial charge in [0.05, 0.1) is 11.9 Å². The van der Waals surface area contributed by atoms with Gasteiger partial charge in [-0.15, -0.1) is 11.3 Å². The lowest BCUT2D eigenvalue weighted by Gasteiger charge is -2.20. The van der Waals surface area contributed by atoms with E-state index in [4.69, 9.17) is 9.97 Å². The third-order valence-electron chi connectivity index (χ3n) is 5.74. The van der Waals surface area contributed by atoms with Gasteiger partial charge in [-0.25, -0.2) is 9.97 Å². The van der Waals surface area contributed by atoms with E-state index in [2.05, 4.69) is 24.1 Å². The minimum Gasteiger partial charge on any atom is -0.350 e. The van der Waals surface area contributed by atoms with E-state index in [0.717, 1.165) is 43.6 Å². The first-order valence-electron chi connectivity index (χ1n) is 10.7. The Morgan fingerprint density at radius 3 is 2.67 bits per heavy atom. The zero-order chi connectivity index (χ0) is 22.9. The highest BCUT2D eigenvalue weighted by molar-refractivity contribution is 7.18. The SMILES string of the molecule is Cc1sc2nc(-c3cccnc3)nc(N(C)CC(=O)Nc3cccc4ccccc34)c2c1C. The summed E-state index contributed by atoms with van der Waals surface area (Å²) in [4.78, 5) is 30.9. The molecule has 5 rings (SSSR count). The molecule has 0 bridgehead atoms. The molecule has 0 radical (unpaired) electrons. The Morgan fingerprint density at radius 1 is 1.03 bits per heavy atom. The highest BCUT2D eigenvalue weighted by Crippen LogP contribution is 2.36. The number of amides is 1. The number of fused-ring (bicyclic) bond motifs is 2. The van der Waals surface area contributed by atoms with Crippen LogP contribution in [0.25, 0.3) is 32.4 Å². The maximum Gasteiger partial charge on any atom is 0.243 e. The van der Waals surface area contributed by atoms with Crippen LogP contribution in [-0.2, 0) is 4.79 Å². The van der Waals surface area contributed by atoms with Crippen molar-refractivity contribution in [3.63, 3.8) is 0 Å². The van der Waals surface area contributed by atoms with Gasteiger partial charge in [-0.1, -0.05) is 36.4 Å². The Kier molecular flexibility index (Phi) is 5.48. The molecule has 0 spiro atoms. The summed E-state index contributed by atoms with van der Waals surface area (Å²) in [6, 6.07) is 17.8. The number of likely N-dealkylation sites (N-methyl/N-ethyl adjacent to an activating group) is 1. The number of anilines is 2. The molecule has 0 unspecified atom stereocenters. The molecule has 0 aliphatic carbocycles. The molecule has 5 aromatic rings. The van der Waals surface area contributed by atoms with E-state index >= 15 is 0 Å². The molecule has 2 aromatic carbocycles. The van der Waals surface area contributed by atoms with E-state index in [9.17, 15) is 4.79 Å². The number of aryl methyl sites for hydroxylation is 2. The summed E-state index contributed by atoms with van der Waals surface area (Å²) < 4.78 is 0. The molecular weight excluding hydrogens is 430 g/mol. The molecule has 3 heterocycles. The number of hydrogen-bond donors (Lipinski definition) is 1. The number of thiophene rings is 1. The number of nitrogens with zero attached hydrogens (tertiary/aromatic N) is 4. The van der Waals surface area contributed by atoms with E-state index in [1.807, 2.05) is 66.5 Å². The number of rotatable bonds is 5. The van der Waals surface area contributed by atoms with Crippen molar-refractivity contribution in [3.8, 4) is 11.4 Å². The van der Waals surface area contributed by atoms with E-state index in [1.165, 1.54) is 4.88 Å². The zero-order valence-corrected chi connectivity index (χ0v) is 19.5. The Hall–Kier alpha value is -3.84. The fraction of sp³-hybridized carbons (Fsp3) is 0.154. The van der Waals surface area contributed by atoms with Crippen LogP contribution in [0, 0.1) is 13.8 Å². The fourth-order valence-electron chi connectivity index (χ4n) is 3.94. The number of benzene rings is 2. The average Bonchev–Trinajstić information content (AvgIpc) is 3.12. The first kappa shape index (κ1) is 21.0. The average molecular weight is 454 g/mol. The number of hydrogen-bond acceptors (Lipinski definition) is 6. The largest absolute Gasteiger partial charge is 0.350 e. The van der Waals surface area contributed by atoms with Gasteiger partial charge in [-0.2, -0.15) is 0 Å². The van der Waals surface area contributed by atoms with Gasteiger partial charge >= 0.3 is 0 Å². The summed E-state index contributed by atoms with van der Waals surface area (Å²) in [5.74, 6) is 1.25. The topological polar surface area (TPSA) is 71.0 Å². The minimum absolute atomic E-state index is 0.104. The Morgan fingerprint density at radius 2 is 1.85 bits per heavy atom. The van der Waals surface area contributed by atoms with Crippen LogP contribution in [0.1, 0.15) is 10.4 Å². The lowest BCUT2D eigenvalue weighted by Crippen LogP contribution is -2.31. The van der Waals surface area contributed by atoms with Crippen LogP contribution in [0.3, 0.4) is 0 Å². The molecule has 0 fully saturated rings. The van der Waals surface area contributed by atoms with Gasteiger partial charge in [0.25, 0.3) is 0 Å². The molecule has 0 atom stereocenters. The zero-order valence-electron chi connectivity index (χ0n) is 18.7. The number of pyridine rings is 1. The van der Waals surface area contributed by atoms with Crippen molar-refractivity contribution in [2.75, 3.05) is 23.8 Å². The van der Waals surface area contributed by atoms with Gasteiger partial charge in [-0.3, -0.25) is 9.78 Å². The summed E-state index contributed by atoms with van der Waals surface area (Å²) in [5.41, 5.74) is 2.79. The van der Waals surface area contributed by atoms with Crippen LogP contribution in [0.15, 0.2) is 67.0 Å². The van der Waals surface area contributed by atoms with E-state index in [0.29, 0.717) is 5.82 Å². The predicted molar refractivity (Wildman–Crippen MR) is 136 cm³/mol. The Bertz CT molecular complexity index is 1470. The van der Waals surface area contributed by atoms with Gasteiger partial charge in [-0.05, 0) is 43.0 Å². The summed E-state index contributed by atoms with van der Waals surface area (Å²) in [6.45, 7) is 4.33. The number of carbonyl (C=O) groups excluding carboxylic acids is 1. The third kappa shape index (κ3) is 4.03. The molecule has 1 N–H and O–H groups in total. The fourth-order valence-corrected chi connectivity index (χ4v) is 4.97. The standard InChI is InChI=1S/C26H23N5OS/c1-16-17(2)33-26-23(16)25(29-24(30-26)19-10-7-13-27-14-19)31(3)15-22(32)28-21-12-6-9-18-8-4-5-11-20(18)21/h4-14H,15H2,1-3H3,(H,28,32). The van der Waals surface area contributed by atoms with Crippen LogP contribution in [0.2, 0.25) is 0 Å². The smallest absolute Gasteiger partial charge is 0.243 e. The molecule has 0 aliphatic heterocycles. The molecule has 7 heteroatoms. The van der Waals surface area contributed by atoms with Crippen molar-refractivity contribution in [1.82, 2.24) is 15.0 Å². The molecule has 3 aromatic heterocycles. The third-order valence-corrected chi connectivity index (χ3v) is 6.84. The van der Waals surface area contributed by atoms with E-state index < -0.39 is 0 Å². The van der Waals surface area contributed by atoms with Gasteiger partial charge in [0.15, 0.2) is 5.82 Å². The second kappa shape index (κ2) is 8.60. The summed E-state index contributed by atoms with van der Waals surface area (Å²) in [7, 11) is 1.89. The predicted octanol–water partition coefficient (Wildman–Crippen LogP) is 5.60. The van der Waals surface area contributed by atoms with Gasteiger partial charge < -0.3 is 10.2 Å². The van der Waals surface area contributed by atoms with Crippen LogP contribution >= 0.6 is 11.3 Å². The van der Waals surface area contributed by atoms with Crippen molar-refractivity contribution in [2.45, 2.75) is 13.8 Å². The molecule has 1 amide bonds. The number of aromatic nitrogens is 3. The monoisotopic (exact) mass is 453 g/mol. The number of carbonyl (C=O) groups is 1. The summed E-state index contributed by atoms with van der Waals surface area (Å²) in [6.07, 6.45) is 3.48. The van der Waals surface area contributed by atoms with Gasteiger partial charge in [0.2, 0.25) is 5.91 Å². The van der Waals surface area contributed by atoms with Crippen molar-refractivity contribution in [1.29, 1.82) is 0 Å². The first-order valence-corrected chi connectivity index (χ1v) is 11.5. The molecule has 33 heavy (non-hydrogen) atoms. The molecule has 0 saturated heterocycles. The van der Waals surface area contributed by atoms with Crippen LogP contribution in [-0.4, -0.2) is 34.5 Å². The van der Waals surface area contributed by atoms with Crippen LogP contribution in [0.5, 0.6) is 0 Å². The van der Waals surface area contributed by atoms with Gasteiger partial charge in [0, 0.05) is 41.0 Å². The second-order valence-corrected chi connectivity index (χ2v) is 9.21.